The molecule has 0 radical (unpaired) electrons. The van der Waals surface area contributed by atoms with E-state index in [2.05, 4.69) is 26.2 Å². The Bertz CT molecular complexity index is 1270. The van der Waals surface area contributed by atoms with Crippen LogP contribution < -0.4 is 10.1 Å². The van der Waals surface area contributed by atoms with Crippen molar-refractivity contribution in [3.63, 3.8) is 0 Å². The molecule has 4 rings (SSSR count). The van der Waals surface area contributed by atoms with Gasteiger partial charge in [0.2, 0.25) is 5.89 Å². The Morgan fingerprint density at radius 2 is 1.88 bits per heavy atom. The lowest BCUT2D eigenvalue weighted by Crippen LogP contribution is -2.27. The van der Waals surface area contributed by atoms with Crippen LogP contribution in [0.2, 0.25) is 0 Å². The number of oxazole rings is 1. The van der Waals surface area contributed by atoms with Gasteiger partial charge in [-0.1, -0.05) is 28.1 Å². The third-order valence-corrected chi connectivity index (χ3v) is 5.22. The highest BCUT2D eigenvalue weighted by Gasteiger charge is 2.12. The SMILES string of the molecule is COC(=O)Cc1ccc2oc(-c3cccc(OCNC(=O)c4ccc(Br)cc4)c3)nc2c1. The number of ether oxygens (including phenoxy) is 2. The molecule has 162 valence electrons. The van der Waals surface area contributed by atoms with Gasteiger partial charge in [0.25, 0.3) is 5.91 Å². The van der Waals surface area contributed by atoms with Crippen molar-refractivity contribution >= 4 is 38.9 Å². The maximum Gasteiger partial charge on any atom is 0.309 e. The molecular formula is C24H19BrN2O5. The largest absolute Gasteiger partial charge is 0.473 e. The van der Waals surface area contributed by atoms with Crippen molar-refractivity contribution in [2.45, 2.75) is 6.42 Å². The molecule has 0 bridgehead atoms. The van der Waals surface area contributed by atoms with E-state index in [0.29, 0.717) is 28.3 Å². The van der Waals surface area contributed by atoms with Gasteiger partial charge in [-0.05, 0) is 60.2 Å². The van der Waals surface area contributed by atoms with E-state index in [4.69, 9.17) is 13.9 Å². The van der Waals surface area contributed by atoms with Crippen molar-refractivity contribution in [3.05, 3.63) is 82.3 Å². The monoisotopic (exact) mass is 494 g/mol. The molecule has 4 aromatic rings. The molecule has 0 atom stereocenters. The lowest BCUT2D eigenvalue weighted by molar-refractivity contribution is -0.139. The molecule has 0 spiro atoms. The molecule has 1 aromatic heterocycles. The van der Waals surface area contributed by atoms with E-state index in [1.807, 2.05) is 18.2 Å². The number of amides is 1. The molecule has 32 heavy (non-hydrogen) atoms. The predicted octanol–water partition coefficient (Wildman–Crippen LogP) is 4.74. The number of nitrogens with zero attached hydrogens (tertiary/aromatic N) is 1. The van der Waals surface area contributed by atoms with Crippen LogP contribution in [-0.2, 0) is 16.0 Å². The van der Waals surface area contributed by atoms with E-state index in [1.54, 1.807) is 48.5 Å². The van der Waals surface area contributed by atoms with Gasteiger partial charge in [-0.25, -0.2) is 4.98 Å². The van der Waals surface area contributed by atoms with Crippen LogP contribution in [0.15, 0.2) is 75.6 Å². The first-order valence-corrected chi connectivity index (χ1v) is 10.5. The summed E-state index contributed by atoms with van der Waals surface area (Å²) in [4.78, 5) is 28.2. The maximum absolute atomic E-state index is 12.2. The standard InChI is InChI=1S/C24H19BrN2O5/c1-30-22(28)12-15-5-10-21-20(11-15)27-24(32-21)17-3-2-4-19(13-17)31-14-26-23(29)16-6-8-18(25)9-7-16/h2-11,13H,12,14H2,1H3,(H,26,29). The third kappa shape index (κ3) is 5.15. The Kier molecular flexibility index (Phi) is 6.51. The van der Waals surface area contributed by atoms with Gasteiger partial charge in [0.15, 0.2) is 12.3 Å². The van der Waals surface area contributed by atoms with Crippen molar-refractivity contribution in [3.8, 4) is 17.2 Å². The molecule has 0 fully saturated rings. The number of aromatic nitrogens is 1. The minimum absolute atomic E-state index is 0.0167. The highest BCUT2D eigenvalue weighted by Crippen LogP contribution is 2.27. The van der Waals surface area contributed by atoms with Crippen LogP contribution >= 0.6 is 15.9 Å². The second-order valence-corrected chi connectivity index (χ2v) is 7.82. The van der Waals surface area contributed by atoms with Crippen molar-refractivity contribution in [1.29, 1.82) is 0 Å². The Labute approximate surface area is 192 Å². The van der Waals surface area contributed by atoms with E-state index in [-0.39, 0.29) is 25.0 Å². The van der Waals surface area contributed by atoms with Gasteiger partial charge in [0.05, 0.1) is 13.5 Å². The number of rotatable bonds is 7. The zero-order valence-corrected chi connectivity index (χ0v) is 18.7. The Morgan fingerprint density at radius 3 is 2.66 bits per heavy atom. The molecule has 0 aliphatic carbocycles. The molecule has 3 aromatic carbocycles. The highest BCUT2D eigenvalue weighted by molar-refractivity contribution is 9.10. The fourth-order valence-electron chi connectivity index (χ4n) is 3.05. The van der Waals surface area contributed by atoms with Crippen molar-refractivity contribution in [2.75, 3.05) is 13.8 Å². The Morgan fingerprint density at radius 1 is 1.06 bits per heavy atom. The van der Waals surface area contributed by atoms with Crippen molar-refractivity contribution < 1.29 is 23.5 Å². The second-order valence-electron chi connectivity index (χ2n) is 6.90. The summed E-state index contributed by atoms with van der Waals surface area (Å²) in [5.74, 6) is 0.451. The lowest BCUT2D eigenvalue weighted by Gasteiger charge is -2.09. The number of halogens is 1. The number of methoxy groups -OCH3 is 1. The van der Waals surface area contributed by atoms with Crippen LogP contribution in [0, 0.1) is 0 Å². The second kappa shape index (κ2) is 9.65. The summed E-state index contributed by atoms with van der Waals surface area (Å²) in [7, 11) is 1.36. The molecule has 0 aliphatic heterocycles. The van der Waals surface area contributed by atoms with Crippen molar-refractivity contribution in [2.24, 2.45) is 0 Å². The summed E-state index contributed by atoms with van der Waals surface area (Å²) in [6.45, 7) is 0.0167. The quantitative estimate of drug-likeness (QED) is 0.294. The highest BCUT2D eigenvalue weighted by atomic mass is 79.9. The Balaban J connectivity index is 1.43. The van der Waals surface area contributed by atoms with Crippen LogP contribution in [0.25, 0.3) is 22.6 Å². The number of carbonyl (C=O) groups excluding carboxylic acids is 2. The summed E-state index contributed by atoms with van der Waals surface area (Å²) in [6, 6.07) is 19.7. The summed E-state index contributed by atoms with van der Waals surface area (Å²) in [5.41, 5.74) is 3.33. The minimum Gasteiger partial charge on any atom is -0.473 e. The van der Waals surface area contributed by atoms with E-state index >= 15 is 0 Å². The summed E-state index contributed by atoms with van der Waals surface area (Å²) < 4.78 is 17.1. The first-order chi connectivity index (χ1) is 15.5. The van der Waals surface area contributed by atoms with Gasteiger partial charge < -0.3 is 19.2 Å². The van der Waals surface area contributed by atoms with Crippen LogP contribution in [-0.4, -0.2) is 30.7 Å². The van der Waals surface area contributed by atoms with E-state index in [1.165, 1.54) is 7.11 Å². The summed E-state index contributed by atoms with van der Waals surface area (Å²) >= 11 is 3.34. The molecule has 1 amide bonds. The molecule has 0 saturated heterocycles. The predicted molar refractivity (Wildman–Crippen MR) is 122 cm³/mol. The van der Waals surface area contributed by atoms with Gasteiger partial charge in [-0.3, -0.25) is 9.59 Å². The van der Waals surface area contributed by atoms with E-state index in [9.17, 15) is 9.59 Å². The number of hydrogen-bond donors (Lipinski definition) is 1. The molecule has 7 nitrogen and oxygen atoms in total. The molecule has 0 aliphatic rings. The van der Waals surface area contributed by atoms with Gasteiger partial charge in [-0.2, -0.15) is 0 Å². The smallest absolute Gasteiger partial charge is 0.309 e. The number of hydrogen-bond acceptors (Lipinski definition) is 6. The fraction of sp³-hybridized carbons (Fsp3) is 0.125. The molecular weight excluding hydrogens is 476 g/mol. The molecule has 0 saturated carbocycles. The van der Waals surface area contributed by atoms with Crippen LogP contribution in [0.4, 0.5) is 0 Å². The maximum atomic E-state index is 12.2. The van der Waals surface area contributed by atoms with Gasteiger partial charge >= 0.3 is 5.97 Å². The third-order valence-electron chi connectivity index (χ3n) is 4.69. The van der Waals surface area contributed by atoms with Crippen molar-refractivity contribution in [1.82, 2.24) is 10.3 Å². The van der Waals surface area contributed by atoms with E-state index in [0.717, 1.165) is 15.6 Å². The van der Waals surface area contributed by atoms with E-state index < -0.39 is 0 Å². The number of benzene rings is 3. The first-order valence-electron chi connectivity index (χ1n) is 9.75. The van der Waals surface area contributed by atoms with Crippen LogP contribution in [0.5, 0.6) is 5.75 Å². The summed E-state index contributed by atoms with van der Waals surface area (Å²) in [6.07, 6.45) is 0.171. The molecule has 1 N–H and O–H groups in total. The number of nitrogens with one attached hydrogen (secondary N) is 1. The molecule has 1 heterocycles. The minimum atomic E-state index is -0.315. The van der Waals surface area contributed by atoms with Gasteiger partial charge in [0, 0.05) is 15.6 Å². The van der Waals surface area contributed by atoms with Gasteiger partial charge in [-0.15, -0.1) is 0 Å². The zero-order chi connectivity index (χ0) is 22.5. The fourth-order valence-corrected chi connectivity index (χ4v) is 3.32. The first kappa shape index (κ1) is 21.6. The van der Waals surface area contributed by atoms with Crippen LogP contribution in [0.1, 0.15) is 15.9 Å². The number of carbonyl (C=O) groups is 2. The summed E-state index contributed by atoms with van der Waals surface area (Å²) in [5, 5.41) is 2.72. The normalized spacial score (nSPS) is 10.7. The molecule has 8 heteroatoms. The van der Waals surface area contributed by atoms with Crippen LogP contribution in [0.3, 0.4) is 0 Å². The zero-order valence-electron chi connectivity index (χ0n) is 17.1. The average Bonchev–Trinajstić information content (AvgIpc) is 3.23. The number of esters is 1. The Hall–Kier alpha value is -3.65. The topological polar surface area (TPSA) is 90.7 Å². The average molecular weight is 495 g/mol. The van der Waals surface area contributed by atoms with Gasteiger partial charge in [0.1, 0.15) is 11.3 Å². The number of fused-ring (bicyclic) bond motifs is 1. The molecule has 0 unspecified atom stereocenters. The lowest BCUT2D eigenvalue weighted by atomic mass is 10.1.